The second kappa shape index (κ2) is 3.30. The molecule has 0 radical (unpaired) electrons. The molecule has 0 bridgehead atoms. The lowest BCUT2D eigenvalue weighted by Crippen LogP contribution is -1.61. The van der Waals surface area contributed by atoms with Crippen molar-refractivity contribution in [1.29, 1.82) is 0 Å². The van der Waals surface area contributed by atoms with Gasteiger partial charge in [-0.25, -0.2) is 5.26 Å². The van der Waals surface area contributed by atoms with Gasteiger partial charge in [0.15, 0.2) is 6.26 Å². The van der Waals surface area contributed by atoms with Crippen LogP contribution < -0.4 is 0 Å². The highest BCUT2D eigenvalue weighted by atomic mass is 17.1. The van der Waals surface area contributed by atoms with Crippen LogP contribution in [0.15, 0.2) is 12.5 Å². The molecular weight excluding hydrogens is 72.0 g/mol. The zero-order chi connectivity index (χ0) is 4.12. The van der Waals surface area contributed by atoms with Crippen LogP contribution in [0.3, 0.4) is 0 Å². The van der Waals surface area contributed by atoms with E-state index >= 15 is 0 Å². The summed E-state index contributed by atoms with van der Waals surface area (Å²) in [7, 11) is 0. The van der Waals surface area contributed by atoms with E-state index in [0.29, 0.717) is 6.26 Å². The Balaban J connectivity index is 2.62. The van der Waals surface area contributed by atoms with Gasteiger partial charge in [-0.05, 0) is 0 Å². The maximum Gasteiger partial charge on any atom is 0.163 e. The highest BCUT2D eigenvalue weighted by molar-refractivity contribution is 4.52. The molecule has 30 valence electrons. The van der Waals surface area contributed by atoms with Crippen molar-refractivity contribution >= 4 is 0 Å². The summed E-state index contributed by atoms with van der Waals surface area (Å²) in [4.78, 5) is 3.26. The Kier molecular flexibility index (Phi) is 2.84. The van der Waals surface area contributed by atoms with Crippen LogP contribution in [0.1, 0.15) is 0 Å². The molecule has 0 aromatic carbocycles. The summed E-state index contributed by atoms with van der Waals surface area (Å²) in [5.41, 5.74) is 0. The molecule has 0 aliphatic heterocycles. The summed E-state index contributed by atoms with van der Waals surface area (Å²) in [6.45, 7) is 0. The Morgan fingerprint density at radius 3 is 2.20 bits per heavy atom. The van der Waals surface area contributed by atoms with E-state index in [2.05, 4.69) is 4.89 Å². The lowest BCUT2D eigenvalue weighted by Gasteiger charge is -1.72. The van der Waals surface area contributed by atoms with E-state index < -0.39 is 0 Å². The Bertz CT molecular complexity index is 31.9. The van der Waals surface area contributed by atoms with Gasteiger partial charge in [-0.1, -0.05) is 0 Å². The molecule has 0 saturated heterocycles. The Morgan fingerprint density at radius 1 is 1.60 bits per heavy atom. The maximum atomic E-state index is 7.60. The van der Waals surface area contributed by atoms with Crippen LogP contribution in [-0.4, -0.2) is 10.4 Å². The van der Waals surface area contributed by atoms with Crippen LogP contribution in [0.2, 0.25) is 0 Å². The molecule has 0 saturated carbocycles. The SMILES string of the molecule is O/C=C/OO. The largest absolute Gasteiger partial charge is 0.512 e. The van der Waals surface area contributed by atoms with E-state index in [-0.39, 0.29) is 0 Å². The highest BCUT2D eigenvalue weighted by Gasteiger charge is 1.51. The Labute approximate surface area is 29.0 Å². The minimum absolute atomic E-state index is 0.583. The lowest BCUT2D eigenvalue weighted by atomic mass is 11.1. The number of hydrogen-bond acceptors (Lipinski definition) is 3. The van der Waals surface area contributed by atoms with Crippen LogP contribution in [0.25, 0.3) is 0 Å². The summed E-state index contributed by atoms with van der Waals surface area (Å²) >= 11 is 0. The molecule has 0 aromatic rings. The predicted molar refractivity (Wildman–Crippen MR) is 15.5 cm³/mol. The maximum absolute atomic E-state index is 7.60. The van der Waals surface area contributed by atoms with Gasteiger partial charge in [-0.2, -0.15) is 0 Å². The third-order valence-corrected chi connectivity index (χ3v) is 0.122. The summed E-state index contributed by atoms with van der Waals surface area (Å²) in [6.07, 6.45) is 1.32. The van der Waals surface area contributed by atoms with Crippen LogP contribution in [0.4, 0.5) is 0 Å². The summed E-state index contributed by atoms with van der Waals surface area (Å²) < 4.78 is 0. The first-order chi connectivity index (χ1) is 2.41. The molecule has 3 nitrogen and oxygen atoms in total. The van der Waals surface area contributed by atoms with Gasteiger partial charge >= 0.3 is 0 Å². The van der Waals surface area contributed by atoms with Crippen molar-refractivity contribution in [2.75, 3.05) is 0 Å². The van der Waals surface area contributed by atoms with E-state index in [1.165, 1.54) is 0 Å². The summed E-state index contributed by atoms with van der Waals surface area (Å²) in [5, 5.41) is 14.9. The fourth-order valence-corrected chi connectivity index (χ4v) is 0.0272. The van der Waals surface area contributed by atoms with Gasteiger partial charge in [-0.3, -0.25) is 0 Å². The van der Waals surface area contributed by atoms with Crippen molar-refractivity contribution < 1.29 is 15.3 Å². The standard InChI is InChI=1S/C2H4O3/c3-1-2-5-4/h1-4H/b2-1+. The molecule has 0 rings (SSSR count). The fourth-order valence-electron chi connectivity index (χ4n) is 0.0272. The Hall–Kier alpha value is -0.700. The van der Waals surface area contributed by atoms with E-state index in [9.17, 15) is 0 Å². The van der Waals surface area contributed by atoms with Gasteiger partial charge in [0.25, 0.3) is 0 Å². The predicted octanol–water partition coefficient (Wildman–Crippen LogP) is 0.505. The third-order valence-electron chi connectivity index (χ3n) is 0.122. The molecule has 3 heteroatoms. The second-order valence-corrected chi connectivity index (χ2v) is 0.391. The Morgan fingerprint density at radius 2 is 2.20 bits per heavy atom. The zero-order valence-electron chi connectivity index (χ0n) is 2.46. The first kappa shape index (κ1) is 4.30. The van der Waals surface area contributed by atoms with Gasteiger partial charge < -0.3 is 9.99 Å². The van der Waals surface area contributed by atoms with Gasteiger partial charge in [0, 0.05) is 0 Å². The van der Waals surface area contributed by atoms with Crippen LogP contribution in [0.5, 0.6) is 0 Å². The van der Waals surface area contributed by atoms with E-state index in [0.717, 1.165) is 6.26 Å². The quantitative estimate of drug-likeness (QED) is 0.271. The van der Waals surface area contributed by atoms with Gasteiger partial charge in [0.2, 0.25) is 0 Å². The average molecular weight is 76.1 g/mol. The molecular formula is C2H4O3. The third kappa shape index (κ3) is 3.30. The monoisotopic (exact) mass is 76.0 g/mol. The average Bonchev–Trinajstić information content (AvgIpc) is 1.41. The number of hydrogen-bond donors (Lipinski definition) is 2. The van der Waals surface area contributed by atoms with Crippen LogP contribution in [0, 0.1) is 0 Å². The molecule has 2 N–H and O–H groups in total. The van der Waals surface area contributed by atoms with Crippen LogP contribution >= 0.6 is 0 Å². The van der Waals surface area contributed by atoms with Gasteiger partial charge in [-0.15, -0.1) is 0 Å². The highest BCUT2D eigenvalue weighted by Crippen LogP contribution is 1.59. The number of rotatable bonds is 1. The molecule has 0 fully saturated rings. The number of aliphatic hydroxyl groups is 1. The fraction of sp³-hybridized carbons (Fsp3) is 0. The minimum Gasteiger partial charge on any atom is -0.512 e. The van der Waals surface area contributed by atoms with Gasteiger partial charge in [0.1, 0.15) is 6.26 Å². The molecule has 0 spiro atoms. The first-order valence-electron chi connectivity index (χ1n) is 1.01. The molecule has 0 amide bonds. The molecule has 0 heterocycles. The minimum atomic E-state index is 0.583. The van der Waals surface area contributed by atoms with Crippen molar-refractivity contribution in [3.63, 3.8) is 0 Å². The number of aliphatic hydroxyl groups excluding tert-OH is 1. The molecule has 0 aliphatic rings. The molecule has 0 aromatic heterocycles. The second-order valence-electron chi connectivity index (χ2n) is 0.391. The smallest absolute Gasteiger partial charge is 0.163 e. The summed E-state index contributed by atoms with van der Waals surface area (Å²) in [5.74, 6) is 0. The zero-order valence-corrected chi connectivity index (χ0v) is 2.46. The molecule has 5 heavy (non-hydrogen) atoms. The van der Waals surface area contributed by atoms with Crippen molar-refractivity contribution in [1.82, 2.24) is 0 Å². The van der Waals surface area contributed by atoms with Gasteiger partial charge in [0.05, 0.1) is 0 Å². The van der Waals surface area contributed by atoms with Crippen molar-refractivity contribution in [3.05, 3.63) is 12.5 Å². The van der Waals surface area contributed by atoms with Crippen molar-refractivity contribution in [2.45, 2.75) is 0 Å². The normalized spacial score (nSPS) is 9.00. The first-order valence-corrected chi connectivity index (χ1v) is 1.01. The van der Waals surface area contributed by atoms with Crippen LogP contribution in [-0.2, 0) is 4.89 Å². The molecule has 0 aliphatic carbocycles. The molecule has 0 unspecified atom stereocenters. The summed E-state index contributed by atoms with van der Waals surface area (Å²) in [6, 6.07) is 0. The topological polar surface area (TPSA) is 49.7 Å². The van der Waals surface area contributed by atoms with E-state index in [1.807, 2.05) is 0 Å². The van der Waals surface area contributed by atoms with Crippen molar-refractivity contribution in [2.24, 2.45) is 0 Å². The van der Waals surface area contributed by atoms with Crippen molar-refractivity contribution in [3.8, 4) is 0 Å². The van der Waals surface area contributed by atoms with E-state index in [1.54, 1.807) is 0 Å². The van der Waals surface area contributed by atoms with E-state index in [4.69, 9.17) is 10.4 Å². The lowest BCUT2D eigenvalue weighted by molar-refractivity contribution is -0.188. The molecule has 0 atom stereocenters.